The highest BCUT2D eigenvalue weighted by molar-refractivity contribution is 6.10. The van der Waals surface area contributed by atoms with E-state index < -0.39 is 0 Å². The van der Waals surface area contributed by atoms with Gasteiger partial charge in [-0.05, 0) is 96.5 Å². The molecule has 4 heterocycles. The zero-order chi connectivity index (χ0) is 24.6. The summed E-state index contributed by atoms with van der Waals surface area (Å²) < 4.78 is 0. The second-order valence-corrected chi connectivity index (χ2v) is 10.6. The lowest BCUT2D eigenvalue weighted by Gasteiger charge is -2.22. The van der Waals surface area contributed by atoms with E-state index in [1.165, 1.54) is 66.7 Å². The molecule has 0 saturated carbocycles. The van der Waals surface area contributed by atoms with E-state index in [4.69, 9.17) is 9.97 Å². The summed E-state index contributed by atoms with van der Waals surface area (Å²) in [6.45, 7) is 12.6. The average Bonchev–Trinajstić information content (AvgIpc) is 3.47. The normalized spacial score (nSPS) is 14.7. The Morgan fingerprint density at radius 2 is 0.833 bits per heavy atom. The minimum absolute atomic E-state index is 0.936. The molecule has 5 aromatic rings. The van der Waals surface area contributed by atoms with Crippen molar-refractivity contribution in [3.05, 3.63) is 105 Å². The van der Waals surface area contributed by atoms with Crippen molar-refractivity contribution in [3.63, 3.8) is 0 Å². The van der Waals surface area contributed by atoms with Crippen LogP contribution in [0.4, 0.5) is 11.4 Å². The number of benzene rings is 3. The first kappa shape index (κ1) is 21.4. The van der Waals surface area contributed by atoms with Crippen LogP contribution in [-0.4, -0.2) is 9.97 Å². The summed E-state index contributed by atoms with van der Waals surface area (Å²) in [5.41, 5.74) is 15.6. The molecule has 7 rings (SSSR count). The number of nitrogens with zero attached hydrogens (tertiary/aromatic N) is 4. The van der Waals surface area contributed by atoms with Gasteiger partial charge in [-0.1, -0.05) is 24.3 Å². The number of aromatic nitrogens is 2. The predicted octanol–water partition coefficient (Wildman–Crippen LogP) is 7.06. The molecule has 0 N–H and O–H groups in total. The number of anilines is 2. The van der Waals surface area contributed by atoms with Crippen molar-refractivity contribution in [2.24, 2.45) is 0 Å². The summed E-state index contributed by atoms with van der Waals surface area (Å²) in [7, 11) is 0. The van der Waals surface area contributed by atoms with Gasteiger partial charge in [0.05, 0.1) is 11.0 Å². The van der Waals surface area contributed by atoms with Crippen LogP contribution in [0.5, 0.6) is 0 Å². The molecule has 0 bridgehead atoms. The molecule has 2 aromatic heterocycles. The maximum absolute atomic E-state index is 4.84. The maximum atomic E-state index is 4.84. The zero-order valence-corrected chi connectivity index (χ0v) is 21.4. The number of pyridine rings is 2. The van der Waals surface area contributed by atoms with Crippen LogP contribution in [0.2, 0.25) is 0 Å². The van der Waals surface area contributed by atoms with E-state index in [2.05, 4.69) is 86.0 Å². The molecule has 0 unspecified atom stereocenters. The third-order valence-corrected chi connectivity index (χ3v) is 8.33. The molecule has 0 spiro atoms. The molecule has 4 nitrogen and oxygen atoms in total. The molecule has 0 aliphatic carbocycles. The molecular formula is C32H30N4. The molecule has 2 aliphatic rings. The molecule has 4 heteroatoms. The summed E-state index contributed by atoms with van der Waals surface area (Å²) in [6.07, 6.45) is 3.89. The number of rotatable bonds is 2. The predicted molar refractivity (Wildman–Crippen MR) is 149 cm³/mol. The Bertz CT molecular complexity index is 1510. The van der Waals surface area contributed by atoms with Crippen LogP contribution in [0.25, 0.3) is 21.8 Å². The van der Waals surface area contributed by atoms with E-state index in [1.54, 1.807) is 0 Å². The van der Waals surface area contributed by atoms with Crippen molar-refractivity contribution >= 4 is 33.2 Å². The van der Waals surface area contributed by atoms with Crippen LogP contribution in [-0.2, 0) is 26.2 Å². The Morgan fingerprint density at radius 1 is 0.500 bits per heavy atom. The lowest BCUT2D eigenvalue weighted by molar-refractivity contribution is 0.883. The Morgan fingerprint density at radius 3 is 1.17 bits per heavy atom. The highest BCUT2D eigenvalue weighted by Gasteiger charge is 2.24. The van der Waals surface area contributed by atoms with E-state index in [0.29, 0.717) is 0 Å². The van der Waals surface area contributed by atoms with Crippen LogP contribution in [0, 0.1) is 27.7 Å². The van der Waals surface area contributed by atoms with Crippen molar-refractivity contribution in [1.29, 1.82) is 0 Å². The maximum Gasteiger partial charge on any atom is 0.0986 e. The van der Waals surface area contributed by atoms with Gasteiger partial charge in [0.15, 0.2) is 0 Å². The number of fused-ring (bicyclic) bond motifs is 5. The van der Waals surface area contributed by atoms with Gasteiger partial charge in [-0.25, -0.2) is 0 Å². The lowest BCUT2D eigenvalue weighted by atomic mass is 10.0. The summed E-state index contributed by atoms with van der Waals surface area (Å²) >= 11 is 0. The highest BCUT2D eigenvalue weighted by Crippen LogP contribution is 2.39. The molecular weight excluding hydrogens is 440 g/mol. The number of hydrogen-bond donors (Lipinski definition) is 0. The fraction of sp³-hybridized carbons (Fsp3) is 0.250. The van der Waals surface area contributed by atoms with Crippen LogP contribution in [0.15, 0.2) is 60.9 Å². The van der Waals surface area contributed by atoms with Gasteiger partial charge < -0.3 is 9.80 Å². The largest absolute Gasteiger partial charge is 0.362 e. The van der Waals surface area contributed by atoms with Gasteiger partial charge in [-0.3, -0.25) is 9.97 Å². The van der Waals surface area contributed by atoms with Gasteiger partial charge in [0.25, 0.3) is 0 Å². The zero-order valence-electron chi connectivity index (χ0n) is 21.4. The van der Waals surface area contributed by atoms with Crippen LogP contribution in [0.3, 0.4) is 0 Å². The molecule has 36 heavy (non-hydrogen) atoms. The quantitative estimate of drug-likeness (QED) is 0.259. The molecule has 178 valence electrons. The van der Waals surface area contributed by atoms with Crippen LogP contribution < -0.4 is 9.80 Å². The SMILES string of the molecule is Cc1cc2c(cc1C)CN(c1ccnc3c1ccc1c(N4Cc5cc(C)c(C)cc5C4)ccnc13)C2. The van der Waals surface area contributed by atoms with Crippen LogP contribution in [0.1, 0.15) is 44.5 Å². The van der Waals surface area contributed by atoms with Gasteiger partial charge in [0.1, 0.15) is 0 Å². The second-order valence-electron chi connectivity index (χ2n) is 10.6. The third kappa shape index (κ3) is 3.21. The second kappa shape index (κ2) is 7.79. The summed E-state index contributed by atoms with van der Waals surface area (Å²) in [4.78, 5) is 14.6. The first-order valence-electron chi connectivity index (χ1n) is 12.8. The van der Waals surface area contributed by atoms with Gasteiger partial charge in [0, 0.05) is 60.7 Å². The lowest BCUT2D eigenvalue weighted by Crippen LogP contribution is -2.16. The van der Waals surface area contributed by atoms with Gasteiger partial charge in [-0.15, -0.1) is 0 Å². The van der Waals surface area contributed by atoms with E-state index in [9.17, 15) is 0 Å². The third-order valence-electron chi connectivity index (χ3n) is 8.33. The standard InChI is InChI=1S/C32H30N4/c1-19-11-23-15-35(16-24(23)12-20(19)2)29-7-9-33-31-27(29)5-6-28-30(8-10-34-32(28)31)36-17-25-13-21(3)22(4)14-26(25)18-36/h5-14H,15-18H2,1-4H3. The molecule has 0 amide bonds. The Balaban J connectivity index is 1.29. The van der Waals surface area contributed by atoms with E-state index >= 15 is 0 Å². The smallest absolute Gasteiger partial charge is 0.0986 e. The molecule has 3 aromatic carbocycles. The Labute approximate surface area is 212 Å². The molecule has 0 fully saturated rings. The molecule has 0 saturated heterocycles. The average molecular weight is 471 g/mol. The van der Waals surface area contributed by atoms with Crippen molar-refractivity contribution in [2.75, 3.05) is 9.80 Å². The Hall–Kier alpha value is -3.92. The number of hydrogen-bond acceptors (Lipinski definition) is 4. The van der Waals surface area contributed by atoms with E-state index in [1.807, 2.05) is 12.4 Å². The Kier molecular flexibility index (Phi) is 4.62. The van der Waals surface area contributed by atoms with Crippen molar-refractivity contribution < 1.29 is 0 Å². The monoisotopic (exact) mass is 470 g/mol. The summed E-state index contributed by atoms with van der Waals surface area (Å²) in [6, 6.07) is 18.2. The fourth-order valence-electron chi connectivity index (χ4n) is 6.09. The molecule has 0 atom stereocenters. The van der Waals surface area contributed by atoms with E-state index in [-0.39, 0.29) is 0 Å². The first-order valence-corrected chi connectivity index (χ1v) is 12.8. The van der Waals surface area contributed by atoms with Crippen molar-refractivity contribution in [2.45, 2.75) is 53.9 Å². The fourth-order valence-corrected chi connectivity index (χ4v) is 6.09. The van der Waals surface area contributed by atoms with Gasteiger partial charge in [0.2, 0.25) is 0 Å². The minimum Gasteiger partial charge on any atom is -0.362 e. The first-order chi connectivity index (χ1) is 17.5. The van der Waals surface area contributed by atoms with Crippen LogP contribution >= 0.6 is 0 Å². The van der Waals surface area contributed by atoms with Gasteiger partial charge >= 0.3 is 0 Å². The van der Waals surface area contributed by atoms with E-state index in [0.717, 1.165) is 37.2 Å². The number of aryl methyl sites for hydroxylation is 4. The molecule has 2 aliphatic heterocycles. The minimum atomic E-state index is 0.936. The van der Waals surface area contributed by atoms with Crippen molar-refractivity contribution in [3.8, 4) is 0 Å². The molecule has 0 radical (unpaired) electrons. The van der Waals surface area contributed by atoms with Gasteiger partial charge in [-0.2, -0.15) is 0 Å². The highest BCUT2D eigenvalue weighted by atomic mass is 15.2. The topological polar surface area (TPSA) is 32.3 Å². The summed E-state index contributed by atoms with van der Waals surface area (Å²) in [5, 5.41) is 2.35. The summed E-state index contributed by atoms with van der Waals surface area (Å²) in [5.74, 6) is 0. The van der Waals surface area contributed by atoms with Crippen molar-refractivity contribution in [1.82, 2.24) is 9.97 Å².